The van der Waals surface area contributed by atoms with Gasteiger partial charge in [0, 0.05) is 19.4 Å². The zero-order chi connectivity index (χ0) is 33.8. The van der Waals surface area contributed by atoms with Gasteiger partial charge in [0.2, 0.25) is 17.7 Å². The van der Waals surface area contributed by atoms with Gasteiger partial charge in [-0.2, -0.15) is 0 Å². The van der Waals surface area contributed by atoms with Crippen molar-refractivity contribution in [2.24, 2.45) is 5.73 Å². The quantitative estimate of drug-likeness (QED) is 0.119. The Morgan fingerprint density at radius 1 is 0.957 bits per heavy atom. The van der Waals surface area contributed by atoms with E-state index < -0.39 is 32.0 Å². The molecule has 4 aromatic rings. The molecule has 4 N–H and O–H groups in total. The third-order valence-electron chi connectivity index (χ3n) is 9.46. The highest BCUT2D eigenvalue weighted by Gasteiger charge is 2.46. The Morgan fingerprint density at radius 2 is 1.47 bits per heavy atom. The number of amides is 2. The molecular weight excluding hydrogens is 611 g/mol. The van der Waals surface area contributed by atoms with Gasteiger partial charge in [-0.15, -0.1) is 10.2 Å². The van der Waals surface area contributed by atoms with Crippen LogP contribution in [0.25, 0.3) is 0 Å². The van der Waals surface area contributed by atoms with Crippen molar-refractivity contribution in [3.05, 3.63) is 119 Å². The molecule has 11 heteroatoms. The van der Waals surface area contributed by atoms with Gasteiger partial charge in [-0.25, -0.2) is 4.79 Å². The average molecular weight is 656 g/mol. The van der Waals surface area contributed by atoms with Gasteiger partial charge >= 0.3 is 6.09 Å². The van der Waals surface area contributed by atoms with E-state index in [4.69, 9.17) is 14.6 Å². The van der Waals surface area contributed by atoms with E-state index in [2.05, 4.69) is 49.4 Å². The van der Waals surface area contributed by atoms with Gasteiger partial charge in [-0.1, -0.05) is 112 Å². The van der Waals surface area contributed by atoms with Crippen LogP contribution in [0, 0.1) is 0 Å². The highest BCUT2D eigenvalue weighted by atomic mass is 28.4. The van der Waals surface area contributed by atoms with Gasteiger partial charge in [0.1, 0.15) is 11.6 Å². The van der Waals surface area contributed by atoms with Crippen LogP contribution < -0.4 is 11.1 Å². The monoisotopic (exact) mass is 655 g/mol. The standard InChI is InChI=1S/C36H45N5O5Si/c1-35(2,3)47(4,5)46-28-23-30(41(24-28)34(43)44)33-40-39-32(45-33)29(37)21-22-31(42)38-36(25-15-9-6-10-16-25,26-17-11-7-12-18-26)27-19-13-8-14-20-27/h6-20,28-30H,21-24,37H2,1-5H3,(H,38,42)(H,43,44)/t28-,29+,30+/m1/s1. The molecule has 47 heavy (non-hydrogen) atoms. The maximum atomic E-state index is 13.8. The fraction of sp³-hybridized carbons (Fsp3) is 0.389. The van der Waals surface area contributed by atoms with Crippen LogP contribution in [0.2, 0.25) is 18.1 Å². The minimum Gasteiger partial charge on any atom is -0.465 e. The molecule has 1 fully saturated rings. The Morgan fingerprint density at radius 3 is 1.94 bits per heavy atom. The lowest BCUT2D eigenvalue weighted by Gasteiger charge is -2.38. The second-order valence-electron chi connectivity index (χ2n) is 13.7. The van der Waals surface area contributed by atoms with E-state index in [9.17, 15) is 14.7 Å². The van der Waals surface area contributed by atoms with Gasteiger partial charge < -0.3 is 25.0 Å². The normalized spacial score (nSPS) is 17.8. The summed E-state index contributed by atoms with van der Waals surface area (Å²) in [7, 11) is -2.13. The van der Waals surface area contributed by atoms with Crippen LogP contribution in [0.1, 0.15) is 80.6 Å². The van der Waals surface area contributed by atoms with E-state index in [0.29, 0.717) is 6.42 Å². The molecule has 0 saturated carbocycles. The molecule has 1 saturated heterocycles. The number of carbonyl (C=O) groups is 2. The second kappa shape index (κ2) is 13.8. The molecule has 0 spiro atoms. The maximum Gasteiger partial charge on any atom is 0.408 e. The summed E-state index contributed by atoms with van der Waals surface area (Å²) >= 11 is 0. The molecule has 2 heterocycles. The van der Waals surface area contributed by atoms with Crippen molar-refractivity contribution in [2.75, 3.05) is 6.54 Å². The van der Waals surface area contributed by atoms with Crippen molar-refractivity contribution in [1.82, 2.24) is 20.4 Å². The second-order valence-corrected chi connectivity index (χ2v) is 18.5. The summed E-state index contributed by atoms with van der Waals surface area (Å²) in [5.74, 6) is 0.141. The van der Waals surface area contributed by atoms with E-state index in [1.165, 1.54) is 4.90 Å². The Kier molecular flexibility index (Phi) is 9.99. The first kappa shape index (κ1) is 34.0. The van der Waals surface area contributed by atoms with Crippen LogP contribution in [-0.4, -0.2) is 53.2 Å². The van der Waals surface area contributed by atoms with E-state index in [0.717, 1.165) is 16.7 Å². The van der Waals surface area contributed by atoms with Crippen LogP contribution in [0.15, 0.2) is 95.4 Å². The molecule has 0 aliphatic carbocycles. The van der Waals surface area contributed by atoms with E-state index in [1.807, 2.05) is 91.0 Å². The largest absolute Gasteiger partial charge is 0.465 e. The number of hydrogen-bond acceptors (Lipinski definition) is 7. The number of carbonyl (C=O) groups excluding carboxylic acids is 1. The van der Waals surface area contributed by atoms with Crippen molar-refractivity contribution in [3.8, 4) is 0 Å². The van der Waals surface area contributed by atoms with Crippen molar-refractivity contribution in [3.63, 3.8) is 0 Å². The van der Waals surface area contributed by atoms with Gasteiger partial charge in [0.05, 0.1) is 12.1 Å². The highest BCUT2D eigenvalue weighted by Crippen LogP contribution is 2.41. The summed E-state index contributed by atoms with van der Waals surface area (Å²) in [6.07, 6.45) is -0.592. The molecule has 248 valence electrons. The van der Waals surface area contributed by atoms with Crippen LogP contribution in [0.3, 0.4) is 0 Å². The zero-order valence-corrected chi connectivity index (χ0v) is 28.7. The van der Waals surface area contributed by atoms with Crippen molar-refractivity contribution in [2.45, 2.75) is 81.9 Å². The van der Waals surface area contributed by atoms with Crippen molar-refractivity contribution >= 4 is 20.3 Å². The first-order valence-corrected chi connectivity index (χ1v) is 19.0. The number of hydrogen-bond donors (Lipinski definition) is 3. The third-order valence-corrected chi connectivity index (χ3v) is 14.0. The summed E-state index contributed by atoms with van der Waals surface area (Å²) < 4.78 is 12.5. The summed E-state index contributed by atoms with van der Waals surface area (Å²) in [4.78, 5) is 27.2. The predicted octanol–water partition coefficient (Wildman–Crippen LogP) is 6.77. The molecule has 10 nitrogen and oxygen atoms in total. The number of aromatic nitrogens is 2. The van der Waals surface area contributed by atoms with Gasteiger partial charge in [-0.05, 0) is 41.2 Å². The minimum absolute atomic E-state index is 0.0151. The van der Waals surface area contributed by atoms with Crippen molar-refractivity contribution < 1.29 is 23.5 Å². The lowest BCUT2D eigenvalue weighted by Crippen LogP contribution is -2.47. The lowest BCUT2D eigenvalue weighted by molar-refractivity contribution is -0.122. The summed E-state index contributed by atoms with van der Waals surface area (Å²) in [5.41, 5.74) is 8.31. The summed E-state index contributed by atoms with van der Waals surface area (Å²) in [6, 6.07) is 28.3. The number of nitrogens with two attached hydrogens (primary N) is 1. The van der Waals surface area contributed by atoms with Crippen LogP contribution in [0.5, 0.6) is 0 Å². The number of likely N-dealkylation sites (tertiary alicyclic amines) is 1. The third kappa shape index (κ3) is 7.32. The van der Waals surface area contributed by atoms with E-state index in [-0.39, 0.29) is 48.2 Å². The number of benzene rings is 3. The molecule has 1 aromatic heterocycles. The first-order valence-electron chi connectivity index (χ1n) is 16.1. The topological polar surface area (TPSA) is 144 Å². The Bertz CT molecular complexity index is 1550. The smallest absolute Gasteiger partial charge is 0.408 e. The van der Waals surface area contributed by atoms with Crippen LogP contribution >= 0.6 is 0 Å². The Labute approximate surface area is 277 Å². The molecule has 0 bridgehead atoms. The maximum absolute atomic E-state index is 13.8. The van der Waals surface area contributed by atoms with Gasteiger partial charge in [-0.3, -0.25) is 9.69 Å². The number of rotatable bonds is 11. The van der Waals surface area contributed by atoms with Crippen LogP contribution in [0.4, 0.5) is 4.79 Å². The van der Waals surface area contributed by atoms with E-state index >= 15 is 0 Å². The summed E-state index contributed by atoms with van der Waals surface area (Å²) in [6.45, 7) is 11.0. The zero-order valence-electron chi connectivity index (χ0n) is 27.7. The molecule has 1 aliphatic heterocycles. The Hall–Kier alpha value is -4.32. The van der Waals surface area contributed by atoms with E-state index in [1.54, 1.807) is 0 Å². The average Bonchev–Trinajstić information content (AvgIpc) is 3.71. The molecular formula is C36H45N5O5Si. The molecule has 2 amide bonds. The number of carboxylic acid groups (broad SMARTS) is 1. The SMILES string of the molecule is CC(C)(C)[Si](C)(C)O[C@@H]1C[C@@H](c2nnc([C@@H](N)CCC(=O)NC(c3ccccc3)(c3ccccc3)c3ccccc3)o2)N(C(=O)O)C1. The van der Waals surface area contributed by atoms with Crippen LogP contribution in [-0.2, 0) is 14.8 Å². The fourth-order valence-corrected chi connectivity index (χ4v) is 7.27. The summed E-state index contributed by atoms with van der Waals surface area (Å²) in [5, 5.41) is 21.6. The Balaban J connectivity index is 1.31. The molecule has 3 aromatic carbocycles. The minimum atomic E-state index is -2.13. The molecule has 5 rings (SSSR count). The molecule has 1 aliphatic rings. The molecule has 3 atom stereocenters. The lowest BCUT2D eigenvalue weighted by atomic mass is 9.77. The van der Waals surface area contributed by atoms with Crippen molar-refractivity contribution in [1.29, 1.82) is 0 Å². The van der Waals surface area contributed by atoms with Gasteiger partial charge in [0.25, 0.3) is 0 Å². The predicted molar refractivity (Wildman–Crippen MR) is 182 cm³/mol. The number of nitrogens with one attached hydrogen (secondary N) is 1. The molecule has 0 radical (unpaired) electrons. The molecule has 0 unspecified atom stereocenters. The number of nitrogens with zero attached hydrogens (tertiary/aromatic N) is 3. The first-order chi connectivity index (χ1) is 22.3. The highest BCUT2D eigenvalue weighted by molar-refractivity contribution is 6.74. The van der Waals surface area contributed by atoms with Gasteiger partial charge in [0.15, 0.2) is 8.32 Å². The fourth-order valence-electron chi connectivity index (χ4n) is 5.92.